The molecule has 0 amide bonds. The molecule has 1 heterocycles. The van der Waals surface area contributed by atoms with Gasteiger partial charge in [-0.15, -0.1) is 0 Å². The first-order valence-electron chi connectivity index (χ1n) is 7.71. The van der Waals surface area contributed by atoms with Gasteiger partial charge in [-0.05, 0) is 30.3 Å². The number of imidazole rings is 1. The molecule has 7 heteroatoms. The summed E-state index contributed by atoms with van der Waals surface area (Å²) in [6.45, 7) is 0. The van der Waals surface area contributed by atoms with E-state index in [-0.39, 0.29) is 5.52 Å². The van der Waals surface area contributed by atoms with E-state index < -0.39 is 12.0 Å². The maximum absolute atomic E-state index is 13.7. The number of hydrogen-bond acceptors (Lipinski definition) is 2. The van der Waals surface area contributed by atoms with Gasteiger partial charge in [-0.1, -0.05) is 35.9 Å². The van der Waals surface area contributed by atoms with Crippen LogP contribution in [0.25, 0.3) is 27.5 Å². The number of alkyl halides is 3. The lowest BCUT2D eigenvalue weighted by Gasteiger charge is -2.12. The standard InChI is InChI=1S/C19H12ClF3N2O/c1-26-12-8-6-11(7-9-12)25-16-10-15(20)13-4-2-3-5-14(13)17(16)24-18(25)19(21,22)23/h2-10H,1H3. The van der Waals surface area contributed by atoms with E-state index >= 15 is 0 Å². The molecule has 0 fully saturated rings. The van der Waals surface area contributed by atoms with E-state index in [9.17, 15) is 13.2 Å². The SMILES string of the molecule is COc1ccc(-n2c(C(F)(F)F)nc3c4ccccc4c(Cl)cc32)cc1. The van der Waals surface area contributed by atoms with Crippen molar-refractivity contribution in [2.45, 2.75) is 6.18 Å². The summed E-state index contributed by atoms with van der Waals surface area (Å²) in [6, 6.07) is 14.8. The van der Waals surface area contributed by atoms with Crippen LogP contribution in [0.3, 0.4) is 0 Å². The van der Waals surface area contributed by atoms with E-state index in [1.165, 1.54) is 13.2 Å². The highest BCUT2D eigenvalue weighted by atomic mass is 35.5. The molecule has 0 saturated carbocycles. The molecule has 0 aliphatic rings. The molecule has 3 aromatic carbocycles. The van der Waals surface area contributed by atoms with Crippen LogP contribution in [0, 0.1) is 0 Å². The summed E-state index contributed by atoms with van der Waals surface area (Å²) in [6.07, 6.45) is -4.62. The molecule has 0 aliphatic heterocycles. The number of benzene rings is 3. The highest BCUT2D eigenvalue weighted by Crippen LogP contribution is 2.38. The van der Waals surface area contributed by atoms with Crippen molar-refractivity contribution < 1.29 is 17.9 Å². The second kappa shape index (κ2) is 5.92. The molecular formula is C19H12ClF3N2O. The summed E-state index contributed by atoms with van der Waals surface area (Å²) < 4.78 is 47.2. The second-order valence-corrected chi connectivity index (χ2v) is 6.15. The van der Waals surface area contributed by atoms with Crippen LogP contribution in [-0.2, 0) is 6.18 Å². The molecule has 4 aromatic rings. The minimum absolute atomic E-state index is 0.258. The topological polar surface area (TPSA) is 27.1 Å². The van der Waals surface area contributed by atoms with Gasteiger partial charge in [-0.2, -0.15) is 13.2 Å². The molecule has 0 bridgehead atoms. The van der Waals surface area contributed by atoms with Gasteiger partial charge in [-0.25, -0.2) is 4.98 Å². The zero-order valence-electron chi connectivity index (χ0n) is 13.5. The van der Waals surface area contributed by atoms with E-state index in [0.717, 1.165) is 4.57 Å². The van der Waals surface area contributed by atoms with Crippen LogP contribution in [-0.4, -0.2) is 16.7 Å². The van der Waals surface area contributed by atoms with Crippen molar-refractivity contribution in [3.05, 3.63) is 65.4 Å². The van der Waals surface area contributed by atoms with E-state index in [2.05, 4.69) is 4.98 Å². The van der Waals surface area contributed by atoms with Crippen LogP contribution in [0.15, 0.2) is 54.6 Å². The number of fused-ring (bicyclic) bond motifs is 3. The first kappa shape index (κ1) is 16.7. The van der Waals surface area contributed by atoms with Crippen LogP contribution >= 0.6 is 11.6 Å². The summed E-state index contributed by atoms with van der Waals surface area (Å²) in [5, 5.41) is 1.61. The van der Waals surface area contributed by atoms with E-state index in [1.54, 1.807) is 48.5 Å². The maximum atomic E-state index is 13.7. The Labute approximate surface area is 151 Å². The van der Waals surface area contributed by atoms with E-state index in [0.29, 0.717) is 32.7 Å². The monoisotopic (exact) mass is 376 g/mol. The molecule has 132 valence electrons. The fourth-order valence-corrected chi connectivity index (χ4v) is 3.31. The Hall–Kier alpha value is -2.73. The number of hydrogen-bond donors (Lipinski definition) is 0. The highest BCUT2D eigenvalue weighted by Gasteiger charge is 2.38. The van der Waals surface area contributed by atoms with Gasteiger partial charge in [-0.3, -0.25) is 4.57 Å². The van der Waals surface area contributed by atoms with Gasteiger partial charge in [0.05, 0.1) is 23.2 Å². The normalized spacial score (nSPS) is 12.0. The van der Waals surface area contributed by atoms with Crippen LogP contribution in [0.1, 0.15) is 5.82 Å². The molecule has 0 saturated heterocycles. The molecule has 0 radical (unpaired) electrons. The molecule has 0 spiro atoms. The molecule has 0 N–H and O–H groups in total. The van der Waals surface area contributed by atoms with Gasteiger partial charge in [0.1, 0.15) is 5.75 Å². The summed E-state index contributed by atoms with van der Waals surface area (Å²) in [5.41, 5.74) is 0.881. The predicted octanol–water partition coefficient (Wildman–Crippen LogP) is 5.86. The molecule has 0 aliphatic carbocycles. The van der Waals surface area contributed by atoms with Crippen molar-refractivity contribution in [3.8, 4) is 11.4 Å². The number of nitrogens with zero attached hydrogens (tertiary/aromatic N) is 2. The summed E-state index contributed by atoms with van der Waals surface area (Å²) in [5.74, 6) is -0.444. The molecule has 3 nitrogen and oxygen atoms in total. The Bertz CT molecular complexity index is 1120. The van der Waals surface area contributed by atoms with Gasteiger partial charge in [0.15, 0.2) is 0 Å². The van der Waals surface area contributed by atoms with Gasteiger partial charge in [0, 0.05) is 16.5 Å². The van der Waals surface area contributed by atoms with Gasteiger partial charge in [0.2, 0.25) is 5.82 Å². The average molecular weight is 377 g/mol. The van der Waals surface area contributed by atoms with Crippen molar-refractivity contribution in [1.29, 1.82) is 0 Å². The van der Waals surface area contributed by atoms with Crippen molar-refractivity contribution in [3.63, 3.8) is 0 Å². The number of aromatic nitrogens is 2. The first-order chi connectivity index (χ1) is 12.4. The number of ether oxygens (including phenoxy) is 1. The van der Waals surface area contributed by atoms with Gasteiger partial charge < -0.3 is 4.74 Å². The van der Waals surface area contributed by atoms with Crippen LogP contribution in [0.4, 0.5) is 13.2 Å². The average Bonchev–Trinajstić information content (AvgIpc) is 3.02. The Kier molecular flexibility index (Phi) is 3.80. The van der Waals surface area contributed by atoms with Crippen molar-refractivity contribution in [2.75, 3.05) is 7.11 Å². The number of methoxy groups -OCH3 is 1. The molecule has 1 aromatic heterocycles. The molecule has 0 atom stereocenters. The van der Waals surface area contributed by atoms with Gasteiger partial charge in [0.25, 0.3) is 0 Å². The lowest BCUT2D eigenvalue weighted by molar-refractivity contribution is -0.145. The Morgan fingerprint density at radius 3 is 2.27 bits per heavy atom. The minimum atomic E-state index is -4.62. The fourth-order valence-electron chi connectivity index (χ4n) is 3.04. The molecule has 26 heavy (non-hydrogen) atoms. The largest absolute Gasteiger partial charge is 0.497 e. The smallest absolute Gasteiger partial charge is 0.450 e. The van der Waals surface area contributed by atoms with Gasteiger partial charge >= 0.3 is 6.18 Å². The zero-order chi connectivity index (χ0) is 18.5. The predicted molar refractivity (Wildman–Crippen MR) is 95.1 cm³/mol. The zero-order valence-corrected chi connectivity index (χ0v) is 14.3. The molecule has 4 rings (SSSR count). The van der Waals surface area contributed by atoms with E-state index in [4.69, 9.17) is 16.3 Å². The number of halogens is 4. The summed E-state index contributed by atoms with van der Waals surface area (Å²) in [7, 11) is 1.49. The van der Waals surface area contributed by atoms with Crippen LogP contribution in [0.2, 0.25) is 5.02 Å². The minimum Gasteiger partial charge on any atom is -0.497 e. The van der Waals surface area contributed by atoms with Crippen molar-refractivity contribution in [2.24, 2.45) is 0 Å². The Morgan fingerprint density at radius 2 is 1.65 bits per heavy atom. The molecule has 0 unspecified atom stereocenters. The molecular weight excluding hydrogens is 365 g/mol. The third kappa shape index (κ3) is 2.57. The van der Waals surface area contributed by atoms with E-state index in [1.807, 2.05) is 0 Å². The first-order valence-corrected chi connectivity index (χ1v) is 8.09. The number of rotatable bonds is 2. The third-order valence-corrected chi connectivity index (χ3v) is 4.51. The Balaban J connectivity index is 2.12. The highest BCUT2D eigenvalue weighted by molar-refractivity contribution is 6.37. The second-order valence-electron chi connectivity index (χ2n) is 5.74. The summed E-state index contributed by atoms with van der Waals surface area (Å²) >= 11 is 6.32. The Morgan fingerprint density at radius 1 is 1.00 bits per heavy atom. The quantitative estimate of drug-likeness (QED) is 0.438. The lowest BCUT2D eigenvalue weighted by Crippen LogP contribution is -2.13. The van der Waals surface area contributed by atoms with Crippen molar-refractivity contribution in [1.82, 2.24) is 9.55 Å². The summed E-state index contributed by atoms with van der Waals surface area (Å²) in [4.78, 5) is 3.92. The lowest BCUT2D eigenvalue weighted by atomic mass is 10.1. The maximum Gasteiger partial charge on any atom is 0.450 e. The third-order valence-electron chi connectivity index (χ3n) is 4.20. The van der Waals surface area contributed by atoms with Crippen LogP contribution in [0.5, 0.6) is 5.75 Å². The van der Waals surface area contributed by atoms with Crippen molar-refractivity contribution >= 4 is 33.4 Å². The van der Waals surface area contributed by atoms with Crippen LogP contribution < -0.4 is 4.74 Å². The fraction of sp³-hybridized carbons (Fsp3) is 0.105.